The van der Waals surface area contributed by atoms with Gasteiger partial charge in [-0.25, -0.2) is 0 Å². The Labute approximate surface area is 160 Å². The second-order valence-corrected chi connectivity index (χ2v) is 6.49. The van der Waals surface area contributed by atoms with Gasteiger partial charge in [0.2, 0.25) is 0 Å². The summed E-state index contributed by atoms with van der Waals surface area (Å²) >= 11 is 6.11. The van der Waals surface area contributed by atoms with E-state index in [-0.39, 0.29) is 12.5 Å². The lowest BCUT2D eigenvalue weighted by Crippen LogP contribution is -2.35. The average Bonchev–Trinajstić information content (AvgIpc) is 2.70. The second-order valence-electron chi connectivity index (χ2n) is 6.08. The number of hydrogen-bond acceptors (Lipinski definition) is 3. The topological polar surface area (TPSA) is 38.8 Å². The number of rotatable bonds is 7. The molecule has 2 rings (SSSR count). The molecule has 0 N–H and O–H groups in total. The lowest BCUT2D eigenvalue weighted by molar-refractivity contribution is 0.0724. The molecular formula is C21H26ClNO3. The number of nitrogens with zero attached hydrogens (tertiary/aromatic N) is 1. The minimum atomic E-state index is 0.0553. The standard InChI is InChI=1S/C21H26ClNO3/c1-4-9-19(18(22)5-2)26-15-17-11-10-16(14-20(17)25-3)21(24)23-12-7-6-8-13-23/h4-5,9-11,14H,2,6-8,12-13,15H2,1,3H3/b9-4-,19-18-. The first-order chi connectivity index (χ1) is 12.6. The average molecular weight is 376 g/mol. The molecule has 0 aliphatic carbocycles. The number of halogens is 1. The van der Waals surface area contributed by atoms with Crippen LogP contribution >= 0.6 is 11.6 Å². The van der Waals surface area contributed by atoms with Crippen molar-refractivity contribution < 1.29 is 14.3 Å². The normalized spacial score (nSPS) is 15.6. The van der Waals surface area contributed by atoms with Crippen LogP contribution in [0.25, 0.3) is 0 Å². The summed E-state index contributed by atoms with van der Waals surface area (Å²) in [6, 6.07) is 5.47. The summed E-state index contributed by atoms with van der Waals surface area (Å²) in [5, 5.41) is 0.443. The second kappa shape index (κ2) is 10.1. The zero-order valence-corrected chi connectivity index (χ0v) is 16.2. The molecule has 1 aromatic carbocycles. The zero-order chi connectivity index (χ0) is 18.9. The quantitative estimate of drug-likeness (QED) is 0.494. The van der Waals surface area contributed by atoms with Gasteiger partial charge in [0.1, 0.15) is 18.1 Å². The van der Waals surface area contributed by atoms with Crippen molar-refractivity contribution in [1.29, 1.82) is 0 Å². The molecule has 1 amide bonds. The predicted molar refractivity (Wildman–Crippen MR) is 105 cm³/mol. The van der Waals surface area contributed by atoms with E-state index in [1.54, 1.807) is 19.3 Å². The van der Waals surface area contributed by atoms with Crippen molar-refractivity contribution >= 4 is 17.5 Å². The molecule has 4 nitrogen and oxygen atoms in total. The van der Waals surface area contributed by atoms with E-state index < -0.39 is 0 Å². The fraction of sp³-hybridized carbons (Fsp3) is 0.381. The summed E-state index contributed by atoms with van der Waals surface area (Å²) in [5.74, 6) is 1.22. The molecule has 26 heavy (non-hydrogen) atoms. The highest BCUT2D eigenvalue weighted by molar-refractivity contribution is 6.31. The summed E-state index contributed by atoms with van der Waals surface area (Å²) in [7, 11) is 1.59. The van der Waals surface area contributed by atoms with Crippen molar-refractivity contribution in [3.8, 4) is 5.75 Å². The van der Waals surface area contributed by atoms with Gasteiger partial charge in [-0.3, -0.25) is 4.79 Å². The van der Waals surface area contributed by atoms with Crippen molar-refractivity contribution in [2.75, 3.05) is 20.2 Å². The molecule has 1 aliphatic rings. The third kappa shape index (κ3) is 5.15. The maximum Gasteiger partial charge on any atom is 0.253 e. The first kappa shape index (κ1) is 20.1. The summed E-state index contributed by atoms with van der Waals surface area (Å²) < 4.78 is 11.3. The van der Waals surface area contributed by atoms with Crippen molar-refractivity contribution in [3.63, 3.8) is 0 Å². The molecule has 1 fully saturated rings. The van der Waals surface area contributed by atoms with Crippen LogP contribution in [0.4, 0.5) is 0 Å². The molecule has 0 atom stereocenters. The number of benzene rings is 1. The molecule has 0 spiro atoms. The van der Waals surface area contributed by atoms with Crippen LogP contribution in [0.3, 0.4) is 0 Å². The van der Waals surface area contributed by atoms with Gasteiger partial charge < -0.3 is 14.4 Å². The summed E-state index contributed by atoms with van der Waals surface area (Å²) in [5.41, 5.74) is 1.49. The lowest BCUT2D eigenvalue weighted by Gasteiger charge is -2.27. The van der Waals surface area contributed by atoms with Crippen LogP contribution in [0.2, 0.25) is 0 Å². The van der Waals surface area contributed by atoms with Crippen LogP contribution < -0.4 is 4.74 Å². The van der Waals surface area contributed by atoms with Gasteiger partial charge in [-0.1, -0.05) is 30.3 Å². The van der Waals surface area contributed by atoms with E-state index in [0.29, 0.717) is 22.1 Å². The number of methoxy groups -OCH3 is 1. The van der Waals surface area contributed by atoms with Crippen molar-refractivity contribution in [2.24, 2.45) is 0 Å². The van der Waals surface area contributed by atoms with Crippen LogP contribution in [0.15, 0.2) is 53.8 Å². The summed E-state index contributed by atoms with van der Waals surface area (Å²) in [4.78, 5) is 14.6. The summed E-state index contributed by atoms with van der Waals surface area (Å²) in [6.45, 7) is 7.47. The van der Waals surface area contributed by atoms with Crippen LogP contribution in [-0.4, -0.2) is 31.0 Å². The van der Waals surface area contributed by atoms with Crippen LogP contribution in [-0.2, 0) is 11.3 Å². The molecule has 1 aromatic rings. The fourth-order valence-corrected chi connectivity index (χ4v) is 3.00. The Hall–Kier alpha value is -2.20. The molecule has 5 heteroatoms. The number of amides is 1. The third-order valence-corrected chi connectivity index (χ3v) is 4.63. The Morgan fingerprint density at radius 2 is 2.04 bits per heavy atom. The van der Waals surface area contributed by atoms with E-state index in [1.807, 2.05) is 30.0 Å². The van der Waals surface area contributed by atoms with E-state index in [1.165, 1.54) is 12.5 Å². The van der Waals surface area contributed by atoms with Crippen molar-refractivity contribution in [3.05, 3.63) is 64.9 Å². The first-order valence-corrected chi connectivity index (χ1v) is 9.22. The smallest absolute Gasteiger partial charge is 0.253 e. The van der Waals surface area contributed by atoms with E-state index in [2.05, 4.69) is 6.58 Å². The largest absolute Gasteiger partial charge is 0.496 e. The number of allylic oxidation sites excluding steroid dienone is 4. The molecule has 0 radical (unpaired) electrons. The molecule has 1 heterocycles. The minimum absolute atomic E-state index is 0.0553. The van der Waals surface area contributed by atoms with Gasteiger partial charge in [-0.2, -0.15) is 0 Å². The van der Waals surface area contributed by atoms with Gasteiger partial charge in [0.15, 0.2) is 0 Å². The van der Waals surface area contributed by atoms with E-state index in [9.17, 15) is 4.79 Å². The number of carbonyl (C=O) groups excluding carboxylic acids is 1. The lowest BCUT2D eigenvalue weighted by atomic mass is 10.1. The van der Waals surface area contributed by atoms with Gasteiger partial charge in [0.05, 0.1) is 12.1 Å². The number of carbonyl (C=O) groups is 1. The molecular weight excluding hydrogens is 350 g/mol. The number of likely N-dealkylation sites (tertiary alicyclic amines) is 1. The highest BCUT2D eigenvalue weighted by Crippen LogP contribution is 2.25. The monoisotopic (exact) mass is 375 g/mol. The summed E-state index contributed by atoms with van der Waals surface area (Å²) in [6.07, 6.45) is 8.49. The maximum absolute atomic E-state index is 12.7. The molecule has 140 valence electrons. The van der Waals surface area contributed by atoms with E-state index in [4.69, 9.17) is 21.1 Å². The first-order valence-electron chi connectivity index (χ1n) is 8.84. The highest BCUT2D eigenvalue weighted by Gasteiger charge is 2.19. The highest BCUT2D eigenvalue weighted by atomic mass is 35.5. The Balaban J connectivity index is 2.15. The fourth-order valence-electron chi connectivity index (χ4n) is 2.88. The maximum atomic E-state index is 12.7. The number of ether oxygens (including phenoxy) is 2. The number of hydrogen-bond donors (Lipinski definition) is 0. The van der Waals surface area contributed by atoms with Gasteiger partial charge in [-0.05, 0) is 50.5 Å². The Morgan fingerprint density at radius 1 is 1.31 bits per heavy atom. The Kier molecular flexibility index (Phi) is 7.79. The predicted octanol–water partition coefficient (Wildman–Crippen LogP) is 5.05. The van der Waals surface area contributed by atoms with Crippen LogP contribution in [0, 0.1) is 0 Å². The van der Waals surface area contributed by atoms with Gasteiger partial charge in [0, 0.05) is 24.2 Å². The molecule has 1 saturated heterocycles. The Morgan fingerprint density at radius 3 is 2.65 bits per heavy atom. The van der Waals surface area contributed by atoms with Crippen LogP contribution in [0.5, 0.6) is 5.75 Å². The minimum Gasteiger partial charge on any atom is -0.496 e. The number of piperidine rings is 1. The van der Waals surface area contributed by atoms with Gasteiger partial charge in [0.25, 0.3) is 5.91 Å². The van der Waals surface area contributed by atoms with E-state index in [0.717, 1.165) is 31.5 Å². The molecule has 0 bridgehead atoms. The van der Waals surface area contributed by atoms with E-state index >= 15 is 0 Å². The molecule has 1 aliphatic heterocycles. The van der Waals surface area contributed by atoms with Crippen LogP contribution in [0.1, 0.15) is 42.1 Å². The zero-order valence-electron chi connectivity index (χ0n) is 15.5. The third-order valence-electron chi connectivity index (χ3n) is 4.29. The van der Waals surface area contributed by atoms with Gasteiger partial charge in [-0.15, -0.1) is 0 Å². The Bertz CT molecular complexity index is 703. The van der Waals surface area contributed by atoms with Crippen molar-refractivity contribution in [2.45, 2.75) is 32.8 Å². The molecule has 0 saturated carbocycles. The molecule has 0 aromatic heterocycles. The van der Waals surface area contributed by atoms with Gasteiger partial charge >= 0.3 is 0 Å². The van der Waals surface area contributed by atoms with Crippen molar-refractivity contribution in [1.82, 2.24) is 4.90 Å². The SMILES string of the molecule is C=C/C(Cl)=C(\C=C/C)OCc1ccc(C(=O)N2CCCCC2)cc1OC. The molecule has 0 unspecified atom stereocenters.